The fraction of sp³-hybridized carbons (Fsp3) is 0.250. The maximum absolute atomic E-state index is 12.3. The van der Waals surface area contributed by atoms with Crippen LogP contribution in [0.25, 0.3) is 0 Å². The number of nitriles is 1. The first kappa shape index (κ1) is 17.5. The van der Waals surface area contributed by atoms with E-state index in [4.69, 9.17) is 5.26 Å². The predicted octanol–water partition coefficient (Wildman–Crippen LogP) is 3.12. The molecule has 1 unspecified atom stereocenters. The van der Waals surface area contributed by atoms with Gasteiger partial charge in [-0.15, -0.1) is 0 Å². The number of carbonyl (C=O) groups is 2. The van der Waals surface area contributed by atoms with Crippen LogP contribution in [0.15, 0.2) is 48.5 Å². The van der Waals surface area contributed by atoms with Crippen molar-refractivity contribution in [2.75, 3.05) is 22.1 Å². The Kier molecular flexibility index (Phi) is 5.18. The number of hydrogen-bond acceptors (Lipinski definition) is 4. The molecule has 2 aromatic carbocycles. The number of amides is 2. The van der Waals surface area contributed by atoms with Gasteiger partial charge in [-0.2, -0.15) is 5.26 Å². The van der Waals surface area contributed by atoms with Gasteiger partial charge in [-0.3, -0.25) is 9.59 Å². The summed E-state index contributed by atoms with van der Waals surface area (Å²) in [4.78, 5) is 25.9. The van der Waals surface area contributed by atoms with Crippen molar-refractivity contribution in [3.05, 3.63) is 54.1 Å². The minimum absolute atomic E-state index is 0.154. The number of nitrogens with one attached hydrogen (secondary N) is 2. The van der Waals surface area contributed by atoms with Gasteiger partial charge in [0.05, 0.1) is 11.6 Å². The van der Waals surface area contributed by atoms with Gasteiger partial charge in [0, 0.05) is 30.0 Å². The van der Waals surface area contributed by atoms with E-state index in [0.29, 0.717) is 17.7 Å². The van der Waals surface area contributed by atoms with Crippen molar-refractivity contribution in [2.45, 2.75) is 25.8 Å². The molecule has 0 spiro atoms. The normalized spacial score (nSPS) is 14.6. The first-order valence-electron chi connectivity index (χ1n) is 8.55. The SMILES string of the molecule is CC(Nc1ccc(N2CCCC2=O)cc1)C(=O)Nc1ccc(C#N)cc1. The Hall–Kier alpha value is -3.33. The van der Waals surface area contributed by atoms with Gasteiger partial charge < -0.3 is 15.5 Å². The maximum atomic E-state index is 12.3. The van der Waals surface area contributed by atoms with Gasteiger partial charge in [0.2, 0.25) is 11.8 Å². The first-order chi connectivity index (χ1) is 12.6. The highest BCUT2D eigenvalue weighted by molar-refractivity contribution is 5.97. The van der Waals surface area contributed by atoms with Crippen LogP contribution in [0, 0.1) is 11.3 Å². The predicted molar refractivity (Wildman–Crippen MR) is 101 cm³/mol. The van der Waals surface area contributed by atoms with Crippen molar-refractivity contribution >= 4 is 28.9 Å². The zero-order valence-electron chi connectivity index (χ0n) is 14.5. The molecule has 1 fully saturated rings. The molecular weight excluding hydrogens is 328 g/mol. The van der Waals surface area contributed by atoms with E-state index >= 15 is 0 Å². The average molecular weight is 348 g/mol. The van der Waals surface area contributed by atoms with Gasteiger partial charge >= 0.3 is 0 Å². The van der Waals surface area contributed by atoms with Crippen LogP contribution in [0.2, 0.25) is 0 Å². The monoisotopic (exact) mass is 348 g/mol. The van der Waals surface area contributed by atoms with Crippen molar-refractivity contribution in [3.63, 3.8) is 0 Å². The Morgan fingerprint density at radius 1 is 1.12 bits per heavy atom. The van der Waals surface area contributed by atoms with Gasteiger partial charge in [0.1, 0.15) is 6.04 Å². The molecule has 0 saturated carbocycles. The Labute approximate surface area is 152 Å². The molecule has 2 amide bonds. The van der Waals surface area contributed by atoms with E-state index in [1.807, 2.05) is 30.3 Å². The van der Waals surface area contributed by atoms with E-state index in [9.17, 15) is 9.59 Å². The van der Waals surface area contributed by atoms with Crippen LogP contribution >= 0.6 is 0 Å². The molecule has 0 aromatic heterocycles. The Bertz CT molecular complexity index is 838. The molecule has 0 bridgehead atoms. The van der Waals surface area contributed by atoms with E-state index in [-0.39, 0.29) is 11.8 Å². The lowest BCUT2D eigenvalue weighted by Crippen LogP contribution is -2.31. The third-order valence-corrected chi connectivity index (χ3v) is 4.31. The second-order valence-corrected chi connectivity index (χ2v) is 6.24. The first-order valence-corrected chi connectivity index (χ1v) is 8.55. The van der Waals surface area contributed by atoms with Crippen molar-refractivity contribution in [1.29, 1.82) is 5.26 Å². The summed E-state index contributed by atoms with van der Waals surface area (Å²) >= 11 is 0. The molecular formula is C20H20N4O2. The molecule has 132 valence electrons. The van der Waals surface area contributed by atoms with Gasteiger partial charge in [0.15, 0.2) is 0 Å². The number of benzene rings is 2. The van der Waals surface area contributed by atoms with E-state index in [1.54, 1.807) is 36.1 Å². The van der Waals surface area contributed by atoms with Gasteiger partial charge in [-0.25, -0.2) is 0 Å². The Balaban J connectivity index is 1.58. The van der Waals surface area contributed by atoms with E-state index in [1.165, 1.54) is 0 Å². The zero-order valence-corrected chi connectivity index (χ0v) is 14.5. The molecule has 1 atom stereocenters. The molecule has 2 aromatic rings. The quantitative estimate of drug-likeness (QED) is 0.869. The third-order valence-electron chi connectivity index (χ3n) is 4.31. The smallest absolute Gasteiger partial charge is 0.246 e. The lowest BCUT2D eigenvalue weighted by molar-refractivity contribution is -0.117. The lowest BCUT2D eigenvalue weighted by Gasteiger charge is -2.18. The molecule has 1 aliphatic rings. The van der Waals surface area contributed by atoms with Gasteiger partial charge in [0.25, 0.3) is 0 Å². The standard InChI is InChI=1S/C20H20N4O2/c1-14(20(26)23-17-6-4-15(13-21)5-7-17)22-16-8-10-18(11-9-16)24-12-2-3-19(24)25/h4-11,14,22H,2-3,12H2,1H3,(H,23,26). The molecule has 1 aliphatic heterocycles. The summed E-state index contributed by atoms with van der Waals surface area (Å²) in [6.07, 6.45) is 1.50. The number of anilines is 3. The summed E-state index contributed by atoms with van der Waals surface area (Å²) in [5.41, 5.74) is 2.88. The van der Waals surface area contributed by atoms with E-state index in [2.05, 4.69) is 10.6 Å². The molecule has 6 nitrogen and oxygen atoms in total. The van der Waals surface area contributed by atoms with E-state index in [0.717, 1.165) is 24.3 Å². The summed E-state index contributed by atoms with van der Waals surface area (Å²) < 4.78 is 0. The summed E-state index contributed by atoms with van der Waals surface area (Å²) in [5, 5.41) is 14.8. The van der Waals surface area contributed by atoms with E-state index < -0.39 is 6.04 Å². The highest BCUT2D eigenvalue weighted by atomic mass is 16.2. The Morgan fingerprint density at radius 3 is 2.35 bits per heavy atom. The number of hydrogen-bond donors (Lipinski definition) is 2. The third kappa shape index (κ3) is 4.01. The molecule has 1 saturated heterocycles. The van der Waals surface area contributed by atoms with Crippen LogP contribution in [-0.4, -0.2) is 24.4 Å². The summed E-state index contributed by atoms with van der Waals surface area (Å²) in [6, 6.07) is 15.8. The molecule has 26 heavy (non-hydrogen) atoms. The minimum atomic E-state index is -0.440. The molecule has 0 radical (unpaired) electrons. The van der Waals surface area contributed by atoms with Crippen molar-refractivity contribution < 1.29 is 9.59 Å². The van der Waals surface area contributed by atoms with Crippen molar-refractivity contribution in [3.8, 4) is 6.07 Å². The second kappa shape index (κ2) is 7.70. The Morgan fingerprint density at radius 2 is 1.77 bits per heavy atom. The van der Waals surface area contributed by atoms with Gasteiger partial charge in [-0.1, -0.05) is 0 Å². The summed E-state index contributed by atoms with van der Waals surface area (Å²) in [7, 11) is 0. The molecule has 0 aliphatic carbocycles. The largest absolute Gasteiger partial charge is 0.374 e. The van der Waals surface area contributed by atoms with Crippen molar-refractivity contribution in [1.82, 2.24) is 0 Å². The number of nitrogens with zero attached hydrogens (tertiary/aromatic N) is 2. The fourth-order valence-corrected chi connectivity index (χ4v) is 2.85. The highest BCUT2D eigenvalue weighted by Gasteiger charge is 2.21. The second-order valence-electron chi connectivity index (χ2n) is 6.24. The summed E-state index contributed by atoms with van der Waals surface area (Å²) in [6.45, 7) is 2.53. The average Bonchev–Trinajstić information content (AvgIpc) is 3.09. The van der Waals surface area contributed by atoms with Gasteiger partial charge in [-0.05, 0) is 61.9 Å². The van der Waals surface area contributed by atoms with Crippen LogP contribution in [-0.2, 0) is 9.59 Å². The zero-order chi connectivity index (χ0) is 18.5. The summed E-state index contributed by atoms with van der Waals surface area (Å²) in [5.74, 6) is -0.0191. The van der Waals surface area contributed by atoms with Crippen LogP contribution < -0.4 is 15.5 Å². The highest BCUT2D eigenvalue weighted by Crippen LogP contribution is 2.23. The number of rotatable bonds is 5. The molecule has 6 heteroatoms. The topological polar surface area (TPSA) is 85.2 Å². The number of carbonyl (C=O) groups excluding carboxylic acids is 2. The van der Waals surface area contributed by atoms with Crippen molar-refractivity contribution in [2.24, 2.45) is 0 Å². The molecule has 1 heterocycles. The van der Waals surface area contributed by atoms with Crippen LogP contribution in [0.4, 0.5) is 17.1 Å². The van der Waals surface area contributed by atoms with Crippen LogP contribution in [0.1, 0.15) is 25.3 Å². The molecule has 2 N–H and O–H groups in total. The molecule has 3 rings (SSSR count). The maximum Gasteiger partial charge on any atom is 0.246 e. The fourth-order valence-electron chi connectivity index (χ4n) is 2.85. The lowest BCUT2D eigenvalue weighted by atomic mass is 10.2. The van der Waals surface area contributed by atoms with Crippen LogP contribution in [0.5, 0.6) is 0 Å². The minimum Gasteiger partial charge on any atom is -0.374 e. The van der Waals surface area contributed by atoms with Crippen LogP contribution in [0.3, 0.4) is 0 Å².